The van der Waals surface area contributed by atoms with Crippen LogP contribution in [0.4, 0.5) is 0 Å². The van der Waals surface area contributed by atoms with Gasteiger partial charge < -0.3 is 10.5 Å². The van der Waals surface area contributed by atoms with Crippen molar-refractivity contribution in [3.63, 3.8) is 0 Å². The van der Waals surface area contributed by atoms with Crippen LogP contribution in [0.25, 0.3) is 0 Å². The quantitative estimate of drug-likeness (QED) is 0.882. The minimum Gasteiger partial charge on any atom is -0.371 e. The fourth-order valence-corrected chi connectivity index (χ4v) is 3.07. The van der Waals surface area contributed by atoms with E-state index < -0.39 is 0 Å². The number of aromatic nitrogens is 1. The van der Waals surface area contributed by atoms with Crippen molar-refractivity contribution in [3.8, 4) is 0 Å². The van der Waals surface area contributed by atoms with Crippen LogP contribution in [-0.2, 0) is 11.2 Å². The lowest BCUT2D eigenvalue weighted by molar-refractivity contribution is 0.0420. The predicted molar refractivity (Wildman–Crippen MR) is 79.3 cm³/mol. The van der Waals surface area contributed by atoms with Gasteiger partial charge in [-0.1, -0.05) is 6.07 Å². The standard InChI is InChI=1S/C15H20N2OS/c1-11-7-10-19-15(11)14(12(2)16)18-9-6-13-5-3-4-8-17-13/h3-5,7-8,10,12,14H,6,9,16H2,1-2H3. The SMILES string of the molecule is Cc1ccsc1C(OCCc1ccccn1)C(C)N. The highest BCUT2D eigenvalue weighted by Gasteiger charge is 2.20. The number of aryl methyl sites for hydroxylation is 1. The van der Waals surface area contributed by atoms with E-state index in [4.69, 9.17) is 10.5 Å². The first-order chi connectivity index (χ1) is 9.18. The number of pyridine rings is 1. The Balaban J connectivity index is 1.94. The van der Waals surface area contributed by atoms with Gasteiger partial charge in [0.2, 0.25) is 0 Å². The van der Waals surface area contributed by atoms with Crippen molar-refractivity contribution < 1.29 is 4.74 Å². The number of hydrogen-bond donors (Lipinski definition) is 1. The first kappa shape index (κ1) is 14.2. The summed E-state index contributed by atoms with van der Waals surface area (Å²) in [7, 11) is 0. The molecule has 102 valence electrons. The Kier molecular flexibility index (Phi) is 5.07. The largest absolute Gasteiger partial charge is 0.371 e. The van der Waals surface area contributed by atoms with Gasteiger partial charge in [-0.2, -0.15) is 0 Å². The highest BCUT2D eigenvalue weighted by molar-refractivity contribution is 7.10. The molecule has 0 saturated carbocycles. The third-order valence-corrected chi connectivity index (χ3v) is 4.10. The van der Waals surface area contributed by atoms with E-state index in [1.807, 2.05) is 31.3 Å². The Labute approximate surface area is 118 Å². The van der Waals surface area contributed by atoms with Gasteiger partial charge in [0.1, 0.15) is 6.10 Å². The summed E-state index contributed by atoms with van der Waals surface area (Å²) in [5, 5.41) is 2.09. The maximum atomic E-state index is 6.04. The van der Waals surface area contributed by atoms with Crippen LogP contribution in [0.2, 0.25) is 0 Å². The molecule has 0 aliphatic carbocycles. The molecular weight excluding hydrogens is 256 g/mol. The number of nitrogens with two attached hydrogens (primary N) is 1. The lowest BCUT2D eigenvalue weighted by atomic mass is 10.1. The fraction of sp³-hybridized carbons (Fsp3) is 0.400. The van der Waals surface area contributed by atoms with Gasteiger partial charge in [-0.3, -0.25) is 4.98 Å². The molecule has 0 aromatic carbocycles. The molecule has 4 heteroatoms. The molecule has 0 spiro atoms. The lowest BCUT2D eigenvalue weighted by Crippen LogP contribution is -2.27. The van der Waals surface area contributed by atoms with Crippen LogP contribution in [0.15, 0.2) is 35.8 Å². The van der Waals surface area contributed by atoms with Gasteiger partial charge in [-0.05, 0) is 43.0 Å². The molecule has 0 saturated heterocycles. The zero-order valence-electron chi connectivity index (χ0n) is 11.4. The van der Waals surface area contributed by atoms with Gasteiger partial charge in [0.25, 0.3) is 0 Å². The van der Waals surface area contributed by atoms with Crippen LogP contribution >= 0.6 is 11.3 Å². The molecule has 0 bridgehead atoms. The van der Waals surface area contributed by atoms with Crippen molar-refractivity contribution in [1.29, 1.82) is 0 Å². The molecule has 2 aromatic heterocycles. The van der Waals surface area contributed by atoms with Crippen molar-refractivity contribution in [1.82, 2.24) is 4.98 Å². The molecule has 0 amide bonds. The van der Waals surface area contributed by atoms with E-state index in [9.17, 15) is 0 Å². The first-order valence-electron chi connectivity index (χ1n) is 6.49. The molecule has 2 unspecified atom stereocenters. The van der Waals surface area contributed by atoms with Gasteiger partial charge in [0, 0.05) is 29.2 Å². The van der Waals surface area contributed by atoms with Crippen LogP contribution < -0.4 is 5.73 Å². The molecule has 3 nitrogen and oxygen atoms in total. The summed E-state index contributed by atoms with van der Waals surface area (Å²) in [5.41, 5.74) is 8.35. The summed E-state index contributed by atoms with van der Waals surface area (Å²) in [5.74, 6) is 0. The Morgan fingerprint density at radius 2 is 2.21 bits per heavy atom. The Hall–Kier alpha value is -1.23. The van der Waals surface area contributed by atoms with E-state index in [2.05, 4.69) is 23.4 Å². The number of rotatable bonds is 6. The Bertz CT molecular complexity index is 496. The molecule has 2 N–H and O–H groups in total. The monoisotopic (exact) mass is 276 g/mol. The molecule has 2 atom stereocenters. The second kappa shape index (κ2) is 6.80. The van der Waals surface area contributed by atoms with E-state index in [-0.39, 0.29) is 12.1 Å². The molecular formula is C15H20N2OS. The highest BCUT2D eigenvalue weighted by atomic mass is 32.1. The number of nitrogens with zero attached hydrogens (tertiary/aromatic N) is 1. The smallest absolute Gasteiger partial charge is 0.107 e. The topological polar surface area (TPSA) is 48.1 Å². The second-order valence-electron chi connectivity index (χ2n) is 4.69. The molecule has 2 heterocycles. The summed E-state index contributed by atoms with van der Waals surface area (Å²) in [4.78, 5) is 5.52. The second-order valence-corrected chi connectivity index (χ2v) is 5.64. The summed E-state index contributed by atoms with van der Waals surface area (Å²) in [6.45, 7) is 4.73. The van der Waals surface area contributed by atoms with Crippen molar-refractivity contribution in [2.45, 2.75) is 32.4 Å². The van der Waals surface area contributed by atoms with E-state index >= 15 is 0 Å². The minimum atomic E-state index is -0.0243. The molecule has 0 aliphatic rings. The van der Waals surface area contributed by atoms with E-state index in [1.165, 1.54) is 10.4 Å². The van der Waals surface area contributed by atoms with E-state index in [1.54, 1.807) is 11.3 Å². The molecule has 0 fully saturated rings. The Morgan fingerprint density at radius 1 is 1.37 bits per heavy atom. The van der Waals surface area contributed by atoms with Crippen LogP contribution in [0.1, 0.15) is 29.2 Å². The average Bonchev–Trinajstić information content (AvgIpc) is 2.82. The summed E-state index contributed by atoms with van der Waals surface area (Å²) in [6.07, 6.45) is 2.60. The normalized spacial score (nSPS) is 14.3. The lowest BCUT2D eigenvalue weighted by Gasteiger charge is -2.21. The fourth-order valence-electron chi connectivity index (χ4n) is 1.98. The van der Waals surface area contributed by atoms with Crippen LogP contribution in [0.3, 0.4) is 0 Å². The summed E-state index contributed by atoms with van der Waals surface area (Å²) >= 11 is 1.71. The van der Waals surface area contributed by atoms with Gasteiger partial charge in [-0.25, -0.2) is 0 Å². The maximum Gasteiger partial charge on any atom is 0.107 e. The maximum absolute atomic E-state index is 6.04. The average molecular weight is 276 g/mol. The molecule has 0 aliphatic heterocycles. The van der Waals surface area contributed by atoms with Crippen LogP contribution in [-0.4, -0.2) is 17.6 Å². The zero-order chi connectivity index (χ0) is 13.7. The molecule has 2 aromatic rings. The third-order valence-electron chi connectivity index (χ3n) is 3.02. The van der Waals surface area contributed by atoms with Crippen molar-refractivity contribution >= 4 is 11.3 Å². The number of thiophene rings is 1. The zero-order valence-corrected chi connectivity index (χ0v) is 12.2. The van der Waals surface area contributed by atoms with Crippen LogP contribution in [0, 0.1) is 6.92 Å². The van der Waals surface area contributed by atoms with Crippen molar-refractivity contribution in [2.75, 3.05) is 6.61 Å². The molecule has 19 heavy (non-hydrogen) atoms. The van der Waals surface area contributed by atoms with Gasteiger partial charge in [0.05, 0.1) is 6.61 Å². The van der Waals surface area contributed by atoms with Crippen molar-refractivity contribution in [3.05, 3.63) is 52.0 Å². The van der Waals surface area contributed by atoms with E-state index in [0.29, 0.717) is 6.61 Å². The number of ether oxygens (including phenoxy) is 1. The Morgan fingerprint density at radius 3 is 2.79 bits per heavy atom. The third kappa shape index (κ3) is 3.86. The van der Waals surface area contributed by atoms with Crippen molar-refractivity contribution in [2.24, 2.45) is 5.73 Å². The summed E-state index contributed by atoms with van der Waals surface area (Å²) < 4.78 is 5.98. The van der Waals surface area contributed by atoms with Gasteiger partial charge >= 0.3 is 0 Å². The van der Waals surface area contributed by atoms with Gasteiger partial charge in [0.15, 0.2) is 0 Å². The minimum absolute atomic E-state index is 0.0129. The number of hydrogen-bond acceptors (Lipinski definition) is 4. The van der Waals surface area contributed by atoms with E-state index in [0.717, 1.165) is 12.1 Å². The van der Waals surface area contributed by atoms with Gasteiger partial charge in [-0.15, -0.1) is 11.3 Å². The molecule has 2 rings (SSSR count). The molecule has 0 radical (unpaired) electrons. The summed E-state index contributed by atoms with van der Waals surface area (Å²) in [6, 6.07) is 8.03. The van der Waals surface area contributed by atoms with Crippen LogP contribution in [0.5, 0.6) is 0 Å². The predicted octanol–water partition coefficient (Wildman–Crippen LogP) is 3.10. The first-order valence-corrected chi connectivity index (χ1v) is 7.37. The highest BCUT2D eigenvalue weighted by Crippen LogP contribution is 2.28.